The number of carbonyl (C=O) groups is 1. The molecule has 0 bridgehead atoms. The van der Waals surface area contributed by atoms with Crippen LogP contribution in [0.4, 0.5) is 0 Å². The summed E-state index contributed by atoms with van der Waals surface area (Å²) in [7, 11) is 2.12. The van der Waals surface area contributed by atoms with Gasteiger partial charge in [0.05, 0.1) is 0 Å². The summed E-state index contributed by atoms with van der Waals surface area (Å²) in [5, 5.41) is 0. The molecule has 1 fully saturated rings. The average molecular weight is 226 g/mol. The van der Waals surface area contributed by atoms with E-state index >= 15 is 0 Å². The zero-order valence-electron chi connectivity index (χ0n) is 11.0. The molecule has 0 aromatic rings. The number of likely N-dealkylation sites (tertiary alicyclic amines) is 1. The molecular weight excluding hydrogens is 200 g/mol. The molecule has 3 nitrogen and oxygen atoms in total. The van der Waals surface area contributed by atoms with Crippen LogP contribution in [0.3, 0.4) is 0 Å². The molecule has 94 valence electrons. The predicted molar refractivity (Wildman–Crippen MR) is 67.6 cm³/mol. The summed E-state index contributed by atoms with van der Waals surface area (Å²) in [4.78, 5) is 15.8. The summed E-state index contributed by atoms with van der Waals surface area (Å²) < 4.78 is 0. The van der Waals surface area contributed by atoms with Gasteiger partial charge in [-0.2, -0.15) is 0 Å². The largest absolute Gasteiger partial charge is 0.304 e. The van der Waals surface area contributed by atoms with Crippen LogP contribution in [0.1, 0.15) is 33.1 Å². The van der Waals surface area contributed by atoms with Crippen molar-refractivity contribution in [2.24, 2.45) is 5.41 Å². The quantitative estimate of drug-likeness (QED) is 0.616. The van der Waals surface area contributed by atoms with Crippen molar-refractivity contribution in [3.63, 3.8) is 0 Å². The summed E-state index contributed by atoms with van der Waals surface area (Å²) in [5.41, 5.74) is -0.167. The van der Waals surface area contributed by atoms with E-state index in [4.69, 9.17) is 0 Å². The van der Waals surface area contributed by atoms with Gasteiger partial charge in [0.15, 0.2) is 0 Å². The molecule has 0 amide bonds. The van der Waals surface area contributed by atoms with Crippen LogP contribution in [0.15, 0.2) is 0 Å². The van der Waals surface area contributed by atoms with Crippen molar-refractivity contribution in [3.05, 3.63) is 0 Å². The Morgan fingerprint density at radius 1 is 1.38 bits per heavy atom. The monoisotopic (exact) mass is 226 g/mol. The van der Waals surface area contributed by atoms with E-state index in [9.17, 15) is 4.79 Å². The smallest absolute Gasteiger partial charge is 0.127 e. The highest BCUT2D eigenvalue weighted by Crippen LogP contribution is 2.18. The standard InChI is InChI=1S/C13H26N2O/c1-4-13(2,12-16)11-14(3)9-10-15-7-5-6-8-15/h12H,4-11H2,1-3H3. The minimum absolute atomic E-state index is 0.167. The van der Waals surface area contributed by atoms with Gasteiger partial charge in [-0.15, -0.1) is 0 Å². The van der Waals surface area contributed by atoms with Crippen molar-refractivity contribution in [3.8, 4) is 0 Å². The Hall–Kier alpha value is -0.410. The third kappa shape index (κ3) is 4.22. The van der Waals surface area contributed by atoms with Gasteiger partial charge in [0.2, 0.25) is 0 Å². The van der Waals surface area contributed by atoms with E-state index < -0.39 is 0 Å². The fraction of sp³-hybridized carbons (Fsp3) is 0.923. The molecule has 0 saturated carbocycles. The maximum absolute atomic E-state index is 11.0. The highest BCUT2D eigenvalue weighted by atomic mass is 16.1. The number of carbonyl (C=O) groups excluding carboxylic acids is 1. The molecular formula is C13H26N2O. The van der Waals surface area contributed by atoms with Gasteiger partial charge in [0.1, 0.15) is 6.29 Å². The number of rotatable bonds is 7. The van der Waals surface area contributed by atoms with Gasteiger partial charge in [-0.25, -0.2) is 0 Å². The summed E-state index contributed by atoms with van der Waals surface area (Å²) in [5.74, 6) is 0. The Morgan fingerprint density at radius 3 is 2.50 bits per heavy atom. The molecule has 16 heavy (non-hydrogen) atoms. The molecule has 0 radical (unpaired) electrons. The Balaban J connectivity index is 2.23. The first kappa shape index (κ1) is 13.7. The van der Waals surface area contributed by atoms with E-state index in [-0.39, 0.29) is 5.41 Å². The summed E-state index contributed by atoms with van der Waals surface area (Å²) in [6.45, 7) is 9.74. The minimum Gasteiger partial charge on any atom is -0.304 e. The maximum Gasteiger partial charge on any atom is 0.127 e. The predicted octanol–water partition coefficient (Wildman–Crippen LogP) is 1.63. The van der Waals surface area contributed by atoms with Crippen LogP contribution < -0.4 is 0 Å². The van der Waals surface area contributed by atoms with Gasteiger partial charge >= 0.3 is 0 Å². The van der Waals surface area contributed by atoms with Gasteiger partial charge in [-0.3, -0.25) is 0 Å². The number of likely N-dealkylation sites (N-methyl/N-ethyl adjacent to an activating group) is 1. The molecule has 3 heteroatoms. The third-order valence-electron chi connectivity index (χ3n) is 3.72. The van der Waals surface area contributed by atoms with Crippen LogP contribution in [0.25, 0.3) is 0 Å². The molecule has 1 heterocycles. The van der Waals surface area contributed by atoms with Crippen molar-refractivity contribution in [2.45, 2.75) is 33.1 Å². The van der Waals surface area contributed by atoms with Crippen LogP contribution in [-0.4, -0.2) is 55.9 Å². The lowest BCUT2D eigenvalue weighted by atomic mass is 9.89. The maximum atomic E-state index is 11.0. The number of hydrogen-bond acceptors (Lipinski definition) is 3. The van der Waals surface area contributed by atoms with Crippen LogP contribution in [0, 0.1) is 5.41 Å². The Kier molecular flexibility index (Phi) is 5.42. The topological polar surface area (TPSA) is 23.6 Å². The molecule has 0 aromatic heterocycles. The number of nitrogens with zero attached hydrogens (tertiary/aromatic N) is 2. The van der Waals surface area contributed by atoms with Crippen molar-refractivity contribution < 1.29 is 4.79 Å². The third-order valence-corrected chi connectivity index (χ3v) is 3.72. The highest BCUT2D eigenvalue weighted by molar-refractivity contribution is 5.58. The van der Waals surface area contributed by atoms with Crippen molar-refractivity contribution in [1.82, 2.24) is 9.80 Å². The van der Waals surface area contributed by atoms with E-state index in [1.807, 2.05) is 6.92 Å². The molecule has 1 rings (SSSR count). The fourth-order valence-electron chi connectivity index (χ4n) is 2.25. The molecule has 1 atom stereocenters. The number of hydrogen-bond donors (Lipinski definition) is 0. The summed E-state index contributed by atoms with van der Waals surface area (Å²) in [6.07, 6.45) is 4.74. The zero-order valence-corrected chi connectivity index (χ0v) is 11.0. The lowest BCUT2D eigenvalue weighted by Crippen LogP contribution is -2.38. The second-order valence-corrected chi connectivity index (χ2v) is 5.41. The molecule has 0 aliphatic carbocycles. The Morgan fingerprint density at radius 2 is 2.00 bits per heavy atom. The Labute approximate surface area is 99.8 Å². The SMILES string of the molecule is CCC(C)(C=O)CN(C)CCN1CCCC1. The molecule has 1 aliphatic rings. The van der Waals surface area contributed by atoms with Gasteiger partial charge < -0.3 is 14.6 Å². The Bertz CT molecular complexity index is 214. The van der Waals surface area contributed by atoms with Crippen molar-refractivity contribution in [2.75, 3.05) is 39.8 Å². The zero-order chi connectivity index (χ0) is 12.0. The van der Waals surface area contributed by atoms with Crippen molar-refractivity contribution >= 4 is 6.29 Å². The first-order valence-corrected chi connectivity index (χ1v) is 6.47. The molecule has 1 unspecified atom stereocenters. The molecule has 0 aromatic carbocycles. The molecule has 0 N–H and O–H groups in total. The minimum atomic E-state index is -0.167. The fourth-order valence-corrected chi connectivity index (χ4v) is 2.25. The lowest BCUT2D eigenvalue weighted by Gasteiger charge is -2.29. The first-order chi connectivity index (χ1) is 7.59. The summed E-state index contributed by atoms with van der Waals surface area (Å²) in [6, 6.07) is 0. The molecule has 1 saturated heterocycles. The van der Waals surface area contributed by atoms with E-state index in [1.165, 1.54) is 25.9 Å². The van der Waals surface area contributed by atoms with Gasteiger partial charge in [0.25, 0.3) is 0 Å². The van der Waals surface area contributed by atoms with E-state index in [1.54, 1.807) is 0 Å². The average Bonchev–Trinajstić information content (AvgIpc) is 2.79. The van der Waals surface area contributed by atoms with Crippen LogP contribution in [0.5, 0.6) is 0 Å². The molecule has 0 spiro atoms. The first-order valence-electron chi connectivity index (χ1n) is 6.47. The van der Waals surface area contributed by atoms with E-state index in [0.29, 0.717) is 0 Å². The van der Waals surface area contributed by atoms with E-state index in [2.05, 4.69) is 23.8 Å². The van der Waals surface area contributed by atoms with Gasteiger partial charge in [-0.05, 0) is 39.4 Å². The normalized spacial score (nSPS) is 21.2. The summed E-state index contributed by atoms with van der Waals surface area (Å²) >= 11 is 0. The van der Waals surface area contributed by atoms with Gasteiger partial charge in [-0.1, -0.05) is 13.8 Å². The van der Waals surface area contributed by atoms with Crippen LogP contribution >= 0.6 is 0 Å². The van der Waals surface area contributed by atoms with Crippen LogP contribution in [0.2, 0.25) is 0 Å². The second-order valence-electron chi connectivity index (χ2n) is 5.41. The highest BCUT2D eigenvalue weighted by Gasteiger charge is 2.23. The van der Waals surface area contributed by atoms with Gasteiger partial charge in [0, 0.05) is 25.0 Å². The second kappa shape index (κ2) is 6.36. The number of aldehydes is 1. The lowest BCUT2D eigenvalue weighted by molar-refractivity contribution is -0.116. The van der Waals surface area contributed by atoms with E-state index in [0.717, 1.165) is 32.3 Å². The van der Waals surface area contributed by atoms with Crippen molar-refractivity contribution in [1.29, 1.82) is 0 Å². The van der Waals surface area contributed by atoms with Crippen LogP contribution in [-0.2, 0) is 4.79 Å². The molecule has 1 aliphatic heterocycles.